The highest BCUT2D eigenvalue weighted by Crippen LogP contribution is 2.53. The minimum absolute atomic E-state index is 0.0846. The molecule has 226 valence electrons. The normalized spacial score (nSPS) is 23.7. The highest BCUT2D eigenvalue weighted by Gasteiger charge is 2.51. The number of aliphatic carboxylic acids is 3. The molecule has 1 atom stereocenters. The summed E-state index contributed by atoms with van der Waals surface area (Å²) in [5.41, 5.74) is 2.88. The summed E-state index contributed by atoms with van der Waals surface area (Å²) >= 11 is 0. The van der Waals surface area contributed by atoms with Crippen LogP contribution in [0.4, 0.5) is 0 Å². The number of nitrogens with zero attached hydrogens (tertiary/aromatic N) is 2. The summed E-state index contributed by atoms with van der Waals surface area (Å²) < 4.78 is 9.24. The molecule has 1 aliphatic heterocycles. The van der Waals surface area contributed by atoms with Gasteiger partial charge in [-0.15, -0.1) is 0 Å². The Kier molecular flexibility index (Phi) is 8.82. The van der Waals surface area contributed by atoms with Gasteiger partial charge in [0, 0.05) is 29.9 Å². The zero-order chi connectivity index (χ0) is 30.9. The number of hydrogen-bond acceptors (Lipinski definition) is 6. The third-order valence-electron chi connectivity index (χ3n) is 8.90. The number of fused-ring (bicyclic) bond motifs is 4. The van der Waals surface area contributed by atoms with Gasteiger partial charge in [-0.3, -0.25) is 14.5 Å². The van der Waals surface area contributed by atoms with E-state index in [9.17, 15) is 14.4 Å². The maximum absolute atomic E-state index is 10.3. The fourth-order valence-corrected chi connectivity index (χ4v) is 6.91. The van der Waals surface area contributed by atoms with Gasteiger partial charge in [0.05, 0.1) is 24.6 Å². The van der Waals surface area contributed by atoms with Crippen molar-refractivity contribution < 1.29 is 39.5 Å². The molecule has 2 aromatic carbocycles. The molecule has 0 amide bonds. The van der Waals surface area contributed by atoms with Crippen molar-refractivity contribution in [2.45, 2.75) is 74.7 Å². The molecule has 1 spiro atoms. The summed E-state index contributed by atoms with van der Waals surface area (Å²) in [5, 5.41) is 35.2. The molecular weight excluding hydrogens is 540 g/mol. The first kappa shape index (κ1) is 31.2. The fraction of sp³-hybridized carbons (Fsp3) is 0.469. The first-order chi connectivity index (χ1) is 19.7. The van der Waals surface area contributed by atoms with Crippen molar-refractivity contribution in [2.24, 2.45) is 7.05 Å². The molecule has 5 rings (SSSR count). The Morgan fingerprint density at radius 2 is 1.48 bits per heavy atom. The summed E-state index contributed by atoms with van der Waals surface area (Å²) in [6.45, 7) is 2.25. The molecule has 10 nitrogen and oxygen atoms in total. The van der Waals surface area contributed by atoms with Gasteiger partial charge in [0.15, 0.2) is 5.60 Å². The van der Waals surface area contributed by atoms with Crippen LogP contribution < -0.4 is 0 Å². The zero-order valence-corrected chi connectivity index (χ0v) is 24.5. The second kappa shape index (κ2) is 11.9. The lowest BCUT2D eigenvalue weighted by Crippen LogP contribution is -2.51. The predicted molar refractivity (Wildman–Crippen MR) is 156 cm³/mol. The number of carboxylic acids is 3. The van der Waals surface area contributed by atoms with Gasteiger partial charge in [0.25, 0.3) is 0 Å². The van der Waals surface area contributed by atoms with Crippen LogP contribution in [0, 0.1) is 0 Å². The lowest BCUT2D eigenvalue weighted by molar-refractivity contribution is -0.170. The average Bonchev–Trinajstić information content (AvgIpc) is 3.21. The number of aliphatic hydroxyl groups is 1. The van der Waals surface area contributed by atoms with E-state index < -0.39 is 36.4 Å². The number of carbonyl (C=O) groups is 3. The van der Waals surface area contributed by atoms with E-state index >= 15 is 0 Å². The monoisotopic (exact) mass is 580 g/mol. The summed E-state index contributed by atoms with van der Waals surface area (Å²) in [6.07, 6.45) is 3.31. The van der Waals surface area contributed by atoms with Gasteiger partial charge >= 0.3 is 17.9 Å². The number of carboxylic acid groups (broad SMARTS) is 3. The van der Waals surface area contributed by atoms with Crippen LogP contribution in [0.25, 0.3) is 10.9 Å². The van der Waals surface area contributed by atoms with Crippen LogP contribution in [0.5, 0.6) is 0 Å². The summed E-state index contributed by atoms with van der Waals surface area (Å²) in [7, 11) is 6.70. The van der Waals surface area contributed by atoms with Crippen LogP contribution in [-0.4, -0.2) is 73.6 Å². The smallest absolute Gasteiger partial charge is 0.336 e. The lowest BCUT2D eigenvalue weighted by atomic mass is 9.67. The number of ether oxygens (including phenoxy) is 1. The van der Waals surface area contributed by atoms with Crippen LogP contribution in [0.3, 0.4) is 0 Å². The lowest BCUT2D eigenvalue weighted by Gasteiger charge is -2.52. The first-order valence-corrected chi connectivity index (χ1v) is 14.1. The van der Waals surface area contributed by atoms with Gasteiger partial charge in [0.2, 0.25) is 0 Å². The maximum atomic E-state index is 10.3. The molecule has 1 aromatic heterocycles. The minimum atomic E-state index is -2.74. The largest absolute Gasteiger partial charge is 0.481 e. The van der Waals surface area contributed by atoms with Gasteiger partial charge in [-0.2, -0.15) is 0 Å². The Hall–Kier alpha value is -3.73. The Morgan fingerprint density at radius 3 is 2.00 bits per heavy atom. The molecule has 0 bridgehead atoms. The molecule has 10 heteroatoms. The van der Waals surface area contributed by atoms with Crippen molar-refractivity contribution in [3.63, 3.8) is 0 Å². The second-order valence-corrected chi connectivity index (χ2v) is 11.8. The van der Waals surface area contributed by atoms with E-state index in [4.69, 9.17) is 25.2 Å². The molecule has 1 aliphatic carbocycles. The van der Waals surface area contributed by atoms with Crippen LogP contribution in [-0.2, 0) is 43.7 Å². The summed E-state index contributed by atoms with van der Waals surface area (Å²) in [4.78, 5) is 32.9. The molecule has 0 saturated heterocycles. The molecular formula is C32H40N2O8. The third-order valence-corrected chi connectivity index (χ3v) is 8.90. The number of para-hydroxylation sites is 1. The Balaban J connectivity index is 0.000000266. The van der Waals surface area contributed by atoms with E-state index in [1.165, 1.54) is 27.7 Å². The van der Waals surface area contributed by atoms with Gasteiger partial charge < -0.3 is 29.7 Å². The second-order valence-electron chi connectivity index (χ2n) is 11.8. The molecule has 3 aromatic rings. The van der Waals surface area contributed by atoms with Crippen molar-refractivity contribution in [3.8, 4) is 0 Å². The molecule has 2 heterocycles. The number of aryl methyl sites for hydroxylation is 1. The Labute approximate surface area is 245 Å². The predicted octanol–water partition coefficient (Wildman–Crippen LogP) is 4.12. The highest BCUT2D eigenvalue weighted by atomic mass is 16.5. The van der Waals surface area contributed by atoms with Crippen molar-refractivity contribution >= 4 is 28.8 Å². The van der Waals surface area contributed by atoms with Crippen molar-refractivity contribution in [3.05, 3.63) is 71.4 Å². The van der Waals surface area contributed by atoms with Crippen molar-refractivity contribution in [1.29, 1.82) is 0 Å². The molecule has 4 N–H and O–H groups in total. The third kappa shape index (κ3) is 5.79. The van der Waals surface area contributed by atoms with Gasteiger partial charge in [-0.25, -0.2) is 4.79 Å². The van der Waals surface area contributed by atoms with Crippen LogP contribution in [0.2, 0.25) is 0 Å². The van der Waals surface area contributed by atoms with E-state index in [0.717, 1.165) is 32.1 Å². The van der Waals surface area contributed by atoms with Gasteiger partial charge in [-0.1, -0.05) is 48.5 Å². The Morgan fingerprint density at radius 1 is 0.929 bits per heavy atom. The first-order valence-electron chi connectivity index (χ1n) is 14.1. The molecule has 1 fully saturated rings. The Bertz CT molecular complexity index is 1440. The molecule has 42 heavy (non-hydrogen) atoms. The number of hydrogen-bond donors (Lipinski definition) is 4. The molecule has 2 aliphatic rings. The standard InChI is InChI=1S/C26H32N2O.C6H8O7/c1-19-18-22-21-12-8-9-13-23(21)28(4)24(22)26(29-19)16-14-25(15-17-26,27(2)3)20-10-6-5-7-11-20;7-3(8)1-6(13,5(11)12)2-4(9)10/h5-13,19H,14-18H2,1-4H3;13H,1-2H2,(H,7,8)(H,9,10)(H,11,12). The number of aromatic nitrogens is 1. The number of rotatable bonds is 7. The highest BCUT2D eigenvalue weighted by molar-refractivity contribution is 5.88. The van der Waals surface area contributed by atoms with E-state index in [0.29, 0.717) is 0 Å². The molecule has 0 radical (unpaired) electrons. The topological polar surface area (TPSA) is 150 Å². The SMILES string of the molecule is CC1Cc2c(n(C)c3ccccc23)C2(CCC(c3ccccc3)(N(C)C)CC2)O1.O=C(O)CC(O)(CC(=O)O)C(=O)O. The zero-order valence-electron chi connectivity index (χ0n) is 24.5. The maximum Gasteiger partial charge on any atom is 0.336 e. The van der Waals surface area contributed by atoms with E-state index in [2.05, 4.69) is 92.1 Å². The average molecular weight is 581 g/mol. The van der Waals surface area contributed by atoms with Crippen LogP contribution in [0.1, 0.15) is 62.3 Å². The van der Waals surface area contributed by atoms with E-state index in [-0.39, 0.29) is 17.2 Å². The molecule has 1 saturated carbocycles. The van der Waals surface area contributed by atoms with E-state index in [1.54, 1.807) is 0 Å². The van der Waals surface area contributed by atoms with Crippen molar-refractivity contribution in [1.82, 2.24) is 9.47 Å². The molecule has 1 unspecified atom stereocenters. The van der Waals surface area contributed by atoms with Crippen LogP contribution >= 0.6 is 0 Å². The summed E-state index contributed by atoms with van der Waals surface area (Å²) in [6, 6.07) is 19.9. The summed E-state index contributed by atoms with van der Waals surface area (Å²) in [5.74, 6) is -5.02. The van der Waals surface area contributed by atoms with Gasteiger partial charge in [-0.05, 0) is 63.9 Å². The number of benzene rings is 2. The minimum Gasteiger partial charge on any atom is -0.481 e. The van der Waals surface area contributed by atoms with Gasteiger partial charge in [0.1, 0.15) is 5.60 Å². The fourth-order valence-electron chi connectivity index (χ4n) is 6.91. The quantitative estimate of drug-likeness (QED) is 0.324. The van der Waals surface area contributed by atoms with Crippen molar-refractivity contribution in [2.75, 3.05) is 14.1 Å². The van der Waals surface area contributed by atoms with Crippen LogP contribution in [0.15, 0.2) is 54.6 Å². The van der Waals surface area contributed by atoms with E-state index in [1.807, 2.05) is 0 Å².